The number of nitrogens with two attached hydrogens (primary N) is 1. The lowest BCUT2D eigenvalue weighted by molar-refractivity contribution is -0.115. The Morgan fingerprint density at radius 2 is 1.86 bits per heavy atom. The first-order chi connectivity index (χ1) is 10.2. The minimum atomic E-state index is -0.0939. The zero-order chi connectivity index (χ0) is 14.7. The Balaban J connectivity index is 1.79. The number of carbonyl (C=O) groups is 1. The third-order valence-corrected chi connectivity index (χ3v) is 3.28. The maximum Gasteiger partial charge on any atom is 0.229 e. The maximum atomic E-state index is 12.1. The molecule has 4 heteroatoms. The summed E-state index contributed by atoms with van der Waals surface area (Å²) in [5, 5.41) is 5.01. The number of anilines is 2. The van der Waals surface area contributed by atoms with Crippen LogP contribution < -0.4 is 11.1 Å². The molecule has 1 heterocycles. The van der Waals surface area contributed by atoms with Gasteiger partial charge in [-0.25, -0.2) is 4.98 Å². The predicted octanol–water partition coefficient (Wildman–Crippen LogP) is 3.00. The first-order valence-electron chi connectivity index (χ1n) is 6.70. The largest absolute Gasteiger partial charge is 0.397 e. The van der Waals surface area contributed by atoms with Gasteiger partial charge in [0.05, 0.1) is 18.3 Å². The molecule has 0 unspecified atom stereocenters. The van der Waals surface area contributed by atoms with Crippen molar-refractivity contribution in [2.45, 2.75) is 6.42 Å². The summed E-state index contributed by atoms with van der Waals surface area (Å²) in [4.78, 5) is 16.2. The summed E-state index contributed by atoms with van der Waals surface area (Å²) in [5.74, 6) is 0.415. The van der Waals surface area contributed by atoms with E-state index in [9.17, 15) is 4.79 Å². The molecule has 1 amide bonds. The molecule has 3 N–H and O–H groups in total. The van der Waals surface area contributed by atoms with E-state index in [0.29, 0.717) is 17.9 Å². The zero-order valence-electron chi connectivity index (χ0n) is 11.4. The Kier molecular flexibility index (Phi) is 3.51. The minimum absolute atomic E-state index is 0.0939. The normalized spacial score (nSPS) is 10.5. The number of carbonyl (C=O) groups excluding carboxylic acids is 1. The lowest BCUT2D eigenvalue weighted by atomic mass is 10.0. The van der Waals surface area contributed by atoms with Crippen LogP contribution >= 0.6 is 0 Å². The second-order valence-electron chi connectivity index (χ2n) is 4.84. The van der Waals surface area contributed by atoms with Crippen molar-refractivity contribution in [1.82, 2.24) is 4.98 Å². The number of nitrogens with one attached hydrogen (secondary N) is 1. The zero-order valence-corrected chi connectivity index (χ0v) is 11.4. The number of hydrogen-bond donors (Lipinski definition) is 2. The van der Waals surface area contributed by atoms with Gasteiger partial charge in [0.25, 0.3) is 0 Å². The van der Waals surface area contributed by atoms with Crippen molar-refractivity contribution in [1.29, 1.82) is 0 Å². The van der Waals surface area contributed by atoms with Crippen LogP contribution in [-0.4, -0.2) is 10.9 Å². The summed E-state index contributed by atoms with van der Waals surface area (Å²) in [5.41, 5.74) is 7.14. The highest BCUT2D eigenvalue weighted by molar-refractivity contribution is 5.95. The van der Waals surface area contributed by atoms with Crippen molar-refractivity contribution in [3.63, 3.8) is 0 Å². The fraction of sp³-hybridized carbons (Fsp3) is 0.0588. The van der Waals surface area contributed by atoms with Crippen molar-refractivity contribution in [2.75, 3.05) is 11.1 Å². The van der Waals surface area contributed by atoms with Crippen LogP contribution in [0.4, 0.5) is 11.5 Å². The lowest BCUT2D eigenvalue weighted by Crippen LogP contribution is -2.15. The molecule has 0 saturated carbocycles. The molecule has 2 aromatic carbocycles. The molecule has 0 radical (unpaired) electrons. The van der Waals surface area contributed by atoms with Gasteiger partial charge in [0.1, 0.15) is 5.82 Å². The number of rotatable bonds is 3. The first-order valence-corrected chi connectivity index (χ1v) is 6.70. The van der Waals surface area contributed by atoms with Crippen molar-refractivity contribution in [2.24, 2.45) is 0 Å². The van der Waals surface area contributed by atoms with Gasteiger partial charge in [0.2, 0.25) is 5.91 Å². The Bertz CT molecular complexity index is 776. The number of nitrogens with zero attached hydrogens (tertiary/aromatic N) is 1. The topological polar surface area (TPSA) is 68.0 Å². The van der Waals surface area contributed by atoms with Crippen molar-refractivity contribution >= 4 is 28.2 Å². The van der Waals surface area contributed by atoms with E-state index in [4.69, 9.17) is 5.73 Å². The van der Waals surface area contributed by atoms with Crippen LogP contribution in [0.3, 0.4) is 0 Å². The molecule has 21 heavy (non-hydrogen) atoms. The van der Waals surface area contributed by atoms with Crippen LogP contribution in [0.25, 0.3) is 10.8 Å². The van der Waals surface area contributed by atoms with E-state index >= 15 is 0 Å². The number of aromatic nitrogens is 1. The van der Waals surface area contributed by atoms with Gasteiger partial charge in [-0.3, -0.25) is 4.79 Å². The van der Waals surface area contributed by atoms with Crippen LogP contribution in [0, 0.1) is 0 Å². The van der Waals surface area contributed by atoms with Gasteiger partial charge in [-0.2, -0.15) is 0 Å². The molecular weight excluding hydrogens is 262 g/mol. The molecule has 0 saturated heterocycles. The molecule has 0 atom stereocenters. The SMILES string of the molecule is Nc1ccc(NC(=O)Cc2cccc3ccccc23)nc1. The van der Waals surface area contributed by atoms with Gasteiger partial charge < -0.3 is 11.1 Å². The Hall–Kier alpha value is -2.88. The van der Waals surface area contributed by atoms with Gasteiger partial charge in [-0.1, -0.05) is 42.5 Å². The van der Waals surface area contributed by atoms with Crippen molar-refractivity contribution < 1.29 is 4.79 Å². The van der Waals surface area contributed by atoms with E-state index < -0.39 is 0 Å². The molecule has 0 aliphatic rings. The Labute approximate surface area is 122 Å². The van der Waals surface area contributed by atoms with E-state index in [1.54, 1.807) is 12.1 Å². The van der Waals surface area contributed by atoms with Gasteiger partial charge in [-0.05, 0) is 28.5 Å². The van der Waals surface area contributed by atoms with Gasteiger partial charge in [0.15, 0.2) is 0 Å². The number of hydrogen-bond acceptors (Lipinski definition) is 3. The second kappa shape index (κ2) is 5.63. The molecule has 3 aromatic rings. The highest BCUT2D eigenvalue weighted by Crippen LogP contribution is 2.19. The number of nitrogen functional groups attached to an aromatic ring is 1. The average molecular weight is 277 g/mol. The smallest absolute Gasteiger partial charge is 0.229 e. The Morgan fingerprint density at radius 1 is 1.05 bits per heavy atom. The molecule has 1 aromatic heterocycles. The summed E-state index contributed by atoms with van der Waals surface area (Å²) < 4.78 is 0. The van der Waals surface area contributed by atoms with E-state index in [1.165, 1.54) is 6.20 Å². The number of amides is 1. The fourth-order valence-electron chi connectivity index (χ4n) is 2.29. The summed E-state index contributed by atoms with van der Waals surface area (Å²) in [6.07, 6.45) is 1.83. The van der Waals surface area contributed by atoms with Crippen molar-refractivity contribution in [3.05, 3.63) is 66.4 Å². The lowest BCUT2D eigenvalue weighted by Gasteiger charge is -2.07. The third kappa shape index (κ3) is 3.00. The van der Waals surface area contributed by atoms with Gasteiger partial charge in [0, 0.05) is 0 Å². The molecule has 104 valence electrons. The molecule has 0 spiro atoms. The number of pyridine rings is 1. The summed E-state index contributed by atoms with van der Waals surface area (Å²) >= 11 is 0. The van der Waals surface area contributed by atoms with E-state index in [0.717, 1.165) is 16.3 Å². The van der Waals surface area contributed by atoms with E-state index in [1.807, 2.05) is 42.5 Å². The molecule has 0 bridgehead atoms. The Morgan fingerprint density at radius 3 is 2.67 bits per heavy atom. The average Bonchev–Trinajstić information content (AvgIpc) is 2.50. The van der Waals surface area contributed by atoms with E-state index in [2.05, 4.69) is 10.3 Å². The number of benzene rings is 2. The van der Waals surface area contributed by atoms with Crippen molar-refractivity contribution in [3.8, 4) is 0 Å². The van der Waals surface area contributed by atoms with Crippen LogP contribution in [0.1, 0.15) is 5.56 Å². The van der Waals surface area contributed by atoms with E-state index in [-0.39, 0.29) is 5.91 Å². The summed E-state index contributed by atoms with van der Waals surface area (Å²) in [6, 6.07) is 17.4. The van der Waals surface area contributed by atoms with Gasteiger partial charge >= 0.3 is 0 Å². The monoisotopic (exact) mass is 277 g/mol. The fourth-order valence-corrected chi connectivity index (χ4v) is 2.29. The molecule has 4 nitrogen and oxygen atoms in total. The molecular formula is C17H15N3O. The third-order valence-electron chi connectivity index (χ3n) is 3.28. The molecule has 0 aliphatic carbocycles. The number of fused-ring (bicyclic) bond motifs is 1. The first kappa shape index (κ1) is 13.1. The predicted molar refractivity (Wildman–Crippen MR) is 84.9 cm³/mol. The van der Waals surface area contributed by atoms with Crippen LogP contribution in [0.15, 0.2) is 60.8 Å². The standard InChI is InChI=1S/C17H15N3O/c18-14-8-9-16(19-11-14)20-17(21)10-13-6-3-5-12-4-1-2-7-15(12)13/h1-9,11H,10,18H2,(H,19,20,21). The second-order valence-corrected chi connectivity index (χ2v) is 4.84. The van der Waals surface area contributed by atoms with Gasteiger partial charge in [-0.15, -0.1) is 0 Å². The summed E-state index contributed by atoms with van der Waals surface area (Å²) in [7, 11) is 0. The highest BCUT2D eigenvalue weighted by atomic mass is 16.1. The van der Waals surface area contributed by atoms with Crippen LogP contribution in [-0.2, 0) is 11.2 Å². The highest BCUT2D eigenvalue weighted by Gasteiger charge is 2.07. The minimum Gasteiger partial charge on any atom is -0.397 e. The molecule has 0 aliphatic heterocycles. The quantitative estimate of drug-likeness (QED) is 0.773. The maximum absolute atomic E-state index is 12.1. The van der Waals surface area contributed by atoms with Crippen LogP contribution in [0.2, 0.25) is 0 Å². The van der Waals surface area contributed by atoms with Crippen LogP contribution in [0.5, 0.6) is 0 Å². The molecule has 3 rings (SSSR count). The summed E-state index contributed by atoms with van der Waals surface area (Å²) in [6.45, 7) is 0. The molecule has 0 fully saturated rings.